The predicted molar refractivity (Wildman–Crippen MR) is 107 cm³/mol. The first-order valence-corrected chi connectivity index (χ1v) is 8.59. The van der Waals surface area contributed by atoms with Gasteiger partial charge in [0.25, 0.3) is 11.6 Å². The van der Waals surface area contributed by atoms with Crippen LogP contribution in [0.4, 0.5) is 11.4 Å². The average molecular weight is 383 g/mol. The minimum Gasteiger partial charge on any atom is -0.322 e. The van der Waals surface area contributed by atoms with E-state index in [-0.39, 0.29) is 11.6 Å². The lowest BCUT2D eigenvalue weighted by Gasteiger charge is -2.06. The molecule has 0 saturated carbocycles. The molecule has 0 aliphatic rings. The fourth-order valence-corrected chi connectivity index (χ4v) is 2.98. The molecular weight excluding hydrogens is 370 g/mol. The Labute approximate surface area is 164 Å². The number of carbonyl (C=O) groups is 1. The van der Waals surface area contributed by atoms with Crippen molar-refractivity contribution < 1.29 is 9.72 Å². The number of nitro groups is 1. The third-order valence-electron chi connectivity index (χ3n) is 4.43. The number of fused-ring (bicyclic) bond motifs is 1. The van der Waals surface area contributed by atoms with Gasteiger partial charge in [-0.1, -0.05) is 12.1 Å². The molecule has 0 aliphatic carbocycles. The highest BCUT2D eigenvalue weighted by Crippen LogP contribution is 2.30. The summed E-state index contributed by atoms with van der Waals surface area (Å²) in [5.41, 5.74) is 3.32. The molecule has 0 spiro atoms. The number of nitrogens with zero attached hydrogens (tertiary/aromatic N) is 3. The normalized spacial score (nSPS) is 10.4. The second-order valence-corrected chi connectivity index (χ2v) is 6.28. The number of nitriles is 1. The molecule has 140 valence electrons. The van der Waals surface area contributed by atoms with Crippen LogP contribution >= 0.6 is 0 Å². The standard InChI is InChI=1S/C21H13N5O3/c22-12-13-4-6-14(7-5-13)21(27)23-16-8-9-19-18(11-16)20(25-24-19)15-2-1-3-17(10-15)26(28)29/h1-11H,(H,23,27)(H,24,25). The molecule has 0 atom stereocenters. The maximum absolute atomic E-state index is 12.5. The largest absolute Gasteiger partial charge is 0.322 e. The van der Waals surface area contributed by atoms with Crippen LogP contribution in [-0.4, -0.2) is 21.0 Å². The number of aromatic nitrogens is 2. The van der Waals surface area contributed by atoms with Gasteiger partial charge in [0.05, 0.1) is 22.1 Å². The minimum atomic E-state index is -0.457. The fourth-order valence-electron chi connectivity index (χ4n) is 2.98. The number of amides is 1. The van der Waals surface area contributed by atoms with Crippen LogP contribution in [0.25, 0.3) is 22.2 Å². The molecule has 4 rings (SSSR count). The van der Waals surface area contributed by atoms with Gasteiger partial charge in [-0.3, -0.25) is 20.0 Å². The number of carbonyl (C=O) groups excluding carboxylic acids is 1. The van der Waals surface area contributed by atoms with Gasteiger partial charge in [0.1, 0.15) is 5.69 Å². The van der Waals surface area contributed by atoms with Crippen molar-refractivity contribution >= 4 is 28.2 Å². The van der Waals surface area contributed by atoms with Crippen LogP contribution in [0.2, 0.25) is 0 Å². The maximum Gasteiger partial charge on any atom is 0.270 e. The first-order valence-electron chi connectivity index (χ1n) is 8.59. The molecule has 1 amide bonds. The van der Waals surface area contributed by atoms with Crippen LogP contribution in [-0.2, 0) is 0 Å². The quantitative estimate of drug-likeness (QED) is 0.402. The molecule has 0 bridgehead atoms. The minimum absolute atomic E-state index is 0.0241. The van der Waals surface area contributed by atoms with Gasteiger partial charge in [-0.2, -0.15) is 10.4 Å². The Morgan fingerprint density at radius 1 is 1.10 bits per heavy atom. The van der Waals surface area contributed by atoms with Crippen LogP contribution in [0.5, 0.6) is 0 Å². The van der Waals surface area contributed by atoms with Crippen LogP contribution in [0.3, 0.4) is 0 Å². The molecular formula is C21H13N5O3. The smallest absolute Gasteiger partial charge is 0.270 e. The van der Waals surface area contributed by atoms with Crippen molar-refractivity contribution in [2.24, 2.45) is 0 Å². The first kappa shape index (κ1) is 17.9. The molecule has 8 heteroatoms. The van der Waals surface area contributed by atoms with Gasteiger partial charge in [-0.15, -0.1) is 0 Å². The Bertz CT molecular complexity index is 1290. The summed E-state index contributed by atoms with van der Waals surface area (Å²) in [7, 11) is 0. The van der Waals surface area contributed by atoms with Gasteiger partial charge in [-0.05, 0) is 42.5 Å². The lowest BCUT2D eigenvalue weighted by atomic mass is 10.1. The highest BCUT2D eigenvalue weighted by atomic mass is 16.6. The predicted octanol–water partition coefficient (Wildman–Crippen LogP) is 4.26. The highest BCUT2D eigenvalue weighted by molar-refractivity contribution is 6.06. The van der Waals surface area contributed by atoms with E-state index in [0.717, 1.165) is 10.9 Å². The molecule has 2 N–H and O–H groups in total. The zero-order chi connectivity index (χ0) is 20.4. The molecule has 0 aliphatic heterocycles. The van der Waals surface area contributed by atoms with Crippen LogP contribution < -0.4 is 5.32 Å². The summed E-state index contributed by atoms with van der Waals surface area (Å²) in [4.78, 5) is 23.1. The molecule has 0 saturated heterocycles. The average Bonchev–Trinajstić information content (AvgIpc) is 3.17. The summed E-state index contributed by atoms with van der Waals surface area (Å²) in [5, 5.41) is 30.6. The van der Waals surface area contributed by atoms with Crippen molar-refractivity contribution in [2.45, 2.75) is 0 Å². The summed E-state index contributed by atoms with van der Waals surface area (Å²) in [5.74, 6) is -0.311. The third-order valence-corrected chi connectivity index (χ3v) is 4.43. The van der Waals surface area contributed by atoms with E-state index in [4.69, 9.17) is 5.26 Å². The Hall–Kier alpha value is -4.51. The van der Waals surface area contributed by atoms with Crippen LogP contribution in [0.15, 0.2) is 66.7 Å². The summed E-state index contributed by atoms with van der Waals surface area (Å²) in [6.45, 7) is 0. The number of rotatable bonds is 4. The zero-order valence-electron chi connectivity index (χ0n) is 14.9. The number of H-pyrrole nitrogens is 1. The summed E-state index contributed by atoms with van der Waals surface area (Å²) in [6, 6.07) is 19.8. The highest BCUT2D eigenvalue weighted by Gasteiger charge is 2.14. The number of aromatic amines is 1. The summed E-state index contributed by atoms with van der Waals surface area (Å²) in [6.07, 6.45) is 0. The number of hydrogen-bond acceptors (Lipinski definition) is 5. The van der Waals surface area contributed by atoms with E-state index in [1.54, 1.807) is 54.6 Å². The van der Waals surface area contributed by atoms with Gasteiger partial charge >= 0.3 is 0 Å². The molecule has 0 unspecified atom stereocenters. The van der Waals surface area contributed by atoms with Gasteiger partial charge in [0, 0.05) is 34.3 Å². The monoisotopic (exact) mass is 383 g/mol. The lowest BCUT2D eigenvalue weighted by Crippen LogP contribution is -2.11. The molecule has 1 aromatic heterocycles. The van der Waals surface area contributed by atoms with Crippen molar-refractivity contribution in [3.8, 4) is 17.3 Å². The Morgan fingerprint density at radius 3 is 2.62 bits per heavy atom. The molecule has 29 heavy (non-hydrogen) atoms. The van der Waals surface area contributed by atoms with Crippen molar-refractivity contribution in [1.29, 1.82) is 5.26 Å². The van der Waals surface area contributed by atoms with Crippen molar-refractivity contribution in [3.63, 3.8) is 0 Å². The molecule has 4 aromatic rings. The van der Waals surface area contributed by atoms with Gasteiger partial charge < -0.3 is 5.32 Å². The van der Waals surface area contributed by atoms with Crippen LogP contribution in [0.1, 0.15) is 15.9 Å². The fraction of sp³-hybridized carbons (Fsp3) is 0. The summed E-state index contributed by atoms with van der Waals surface area (Å²) >= 11 is 0. The molecule has 3 aromatic carbocycles. The number of hydrogen-bond donors (Lipinski definition) is 2. The number of anilines is 1. The molecule has 1 heterocycles. The number of nitrogens with one attached hydrogen (secondary N) is 2. The van der Waals surface area contributed by atoms with Gasteiger partial charge in [0.2, 0.25) is 0 Å². The number of benzene rings is 3. The second-order valence-electron chi connectivity index (χ2n) is 6.28. The van der Waals surface area contributed by atoms with Crippen molar-refractivity contribution in [1.82, 2.24) is 10.2 Å². The lowest BCUT2D eigenvalue weighted by molar-refractivity contribution is -0.384. The van der Waals surface area contributed by atoms with E-state index in [1.807, 2.05) is 6.07 Å². The van der Waals surface area contributed by atoms with E-state index in [0.29, 0.717) is 28.1 Å². The van der Waals surface area contributed by atoms with E-state index in [1.165, 1.54) is 12.1 Å². The molecule has 0 fully saturated rings. The van der Waals surface area contributed by atoms with Gasteiger partial charge in [0.15, 0.2) is 0 Å². The Balaban J connectivity index is 1.66. The van der Waals surface area contributed by atoms with E-state index in [2.05, 4.69) is 15.5 Å². The van der Waals surface area contributed by atoms with Gasteiger partial charge in [-0.25, -0.2) is 0 Å². The van der Waals surface area contributed by atoms with E-state index in [9.17, 15) is 14.9 Å². The zero-order valence-corrected chi connectivity index (χ0v) is 14.9. The number of nitro benzene ring substituents is 1. The topological polar surface area (TPSA) is 125 Å². The Morgan fingerprint density at radius 2 is 1.90 bits per heavy atom. The maximum atomic E-state index is 12.5. The van der Waals surface area contributed by atoms with E-state index >= 15 is 0 Å². The number of non-ortho nitro benzene ring substituents is 1. The second kappa shape index (κ2) is 7.25. The molecule has 0 radical (unpaired) electrons. The SMILES string of the molecule is N#Cc1ccc(C(=O)Nc2ccc3[nH]nc(-c4cccc([N+](=O)[O-])c4)c3c2)cc1. The molecule has 8 nitrogen and oxygen atoms in total. The van der Waals surface area contributed by atoms with Crippen molar-refractivity contribution in [3.05, 3.63) is 88.0 Å². The van der Waals surface area contributed by atoms with E-state index < -0.39 is 4.92 Å². The Kier molecular flexibility index (Phi) is 4.47. The first-order chi connectivity index (χ1) is 14.0. The summed E-state index contributed by atoms with van der Waals surface area (Å²) < 4.78 is 0. The van der Waals surface area contributed by atoms with Crippen molar-refractivity contribution in [2.75, 3.05) is 5.32 Å². The van der Waals surface area contributed by atoms with Crippen LogP contribution in [0, 0.1) is 21.4 Å². The third kappa shape index (κ3) is 3.52.